The van der Waals surface area contributed by atoms with Crippen LogP contribution in [0.2, 0.25) is 0 Å². The van der Waals surface area contributed by atoms with Gasteiger partial charge in [0.15, 0.2) is 5.82 Å². The summed E-state index contributed by atoms with van der Waals surface area (Å²) in [6, 6.07) is 4.04. The lowest BCUT2D eigenvalue weighted by Crippen LogP contribution is -2.06. The van der Waals surface area contributed by atoms with Gasteiger partial charge in [-0.1, -0.05) is 5.16 Å². The number of thiophene rings is 1. The van der Waals surface area contributed by atoms with E-state index in [1.165, 1.54) is 4.88 Å². The van der Waals surface area contributed by atoms with Gasteiger partial charge in [-0.15, -0.1) is 11.3 Å². The first-order chi connectivity index (χ1) is 6.79. The van der Waals surface area contributed by atoms with Gasteiger partial charge in [0.05, 0.1) is 11.4 Å². The quantitative estimate of drug-likeness (QED) is 0.837. The van der Waals surface area contributed by atoms with Crippen molar-refractivity contribution in [2.75, 3.05) is 7.05 Å². The number of hydrogen-bond acceptors (Lipinski definition) is 5. The summed E-state index contributed by atoms with van der Waals surface area (Å²) in [5.41, 5.74) is 0. The third-order valence-electron chi connectivity index (χ3n) is 1.75. The van der Waals surface area contributed by atoms with Gasteiger partial charge in [-0.25, -0.2) is 0 Å². The Balaban J connectivity index is 2.24. The highest BCUT2D eigenvalue weighted by Gasteiger charge is 2.09. The lowest BCUT2D eigenvalue weighted by Gasteiger charge is -1.86. The maximum Gasteiger partial charge on any atom is 0.268 e. The van der Waals surface area contributed by atoms with E-state index in [1.807, 2.05) is 19.2 Å². The molecule has 2 heterocycles. The normalized spacial score (nSPS) is 10.7. The molecule has 0 fully saturated rings. The Morgan fingerprint density at radius 3 is 3.00 bits per heavy atom. The van der Waals surface area contributed by atoms with Gasteiger partial charge in [0.2, 0.25) is 0 Å². The van der Waals surface area contributed by atoms with Crippen LogP contribution in [0, 0.1) is 6.92 Å². The maximum atomic E-state index is 5.13. The van der Waals surface area contributed by atoms with E-state index < -0.39 is 0 Å². The predicted molar refractivity (Wildman–Crippen MR) is 55.1 cm³/mol. The summed E-state index contributed by atoms with van der Waals surface area (Å²) in [5.74, 6) is 1.29. The summed E-state index contributed by atoms with van der Waals surface area (Å²) < 4.78 is 5.13. The largest absolute Gasteiger partial charge is 0.333 e. The van der Waals surface area contributed by atoms with Crippen LogP contribution in [0.4, 0.5) is 0 Å². The molecule has 5 heteroatoms. The molecule has 0 bridgehead atoms. The molecular formula is C9H11N3OS. The second kappa shape index (κ2) is 3.89. The molecule has 0 aromatic carbocycles. The average molecular weight is 209 g/mol. The zero-order valence-corrected chi connectivity index (χ0v) is 8.89. The van der Waals surface area contributed by atoms with Gasteiger partial charge < -0.3 is 9.84 Å². The van der Waals surface area contributed by atoms with Gasteiger partial charge >= 0.3 is 0 Å². The second-order valence-corrected chi connectivity index (χ2v) is 4.24. The number of aromatic nitrogens is 2. The zero-order chi connectivity index (χ0) is 9.97. The van der Waals surface area contributed by atoms with Crippen molar-refractivity contribution in [3.8, 4) is 10.8 Å². The Morgan fingerprint density at radius 1 is 1.50 bits per heavy atom. The molecule has 0 saturated heterocycles. The third kappa shape index (κ3) is 1.83. The number of nitrogens with zero attached hydrogens (tertiary/aromatic N) is 2. The Labute approximate surface area is 86.0 Å². The molecule has 2 aromatic rings. The van der Waals surface area contributed by atoms with Crippen molar-refractivity contribution in [3.63, 3.8) is 0 Å². The fraction of sp³-hybridized carbons (Fsp3) is 0.333. The average Bonchev–Trinajstić information content (AvgIpc) is 2.74. The van der Waals surface area contributed by atoms with E-state index in [1.54, 1.807) is 11.3 Å². The van der Waals surface area contributed by atoms with Crippen molar-refractivity contribution in [2.45, 2.75) is 13.5 Å². The van der Waals surface area contributed by atoms with Crippen LogP contribution in [0.1, 0.15) is 10.7 Å². The molecule has 14 heavy (non-hydrogen) atoms. The Bertz CT molecular complexity index is 421. The highest BCUT2D eigenvalue weighted by molar-refractivity contribution is 7.15. The lowest BCUT2D eigenvalue weighted by molar-refractivity contribution is 0.421. The summed E-state index contributed by atoms with van der Waals surface area (Å²) >= 11 is 1.66. The summed E-state index contributed by atoms with van der Waals surface area (Å²) in [6.07, 6.45) is 0. The van der Waals surface area contributed by atoms with Crippen LogP contribution in [0.25, 0.3) is 10.8 Å². The van der Waals surface area contributed by atoms with E-state index >= 15 is 0 Å². The monoisotopic (exact) mass is 209 g/mol. The first-order valence-electron chi connectivity index (χ1n) is 4.33. The predicted octanol–water partition coefficient (Wildman–Crippen LogP) is 1.83. The SMILES string of the molecule is CNCc1noc(-c2ccc(C)s2)n1. The van der Waals surface area contributed by atoms with Crippen molar-refractivity contribution < 1.29 is 4.52 Å². The van der Waals surface area contributed by atoms with Crippen molar-refractivity contribution in [1.82, 2.24) is 15.5 Å². The highest BCUT2D eigenvalue weighted by Crippen LogP contribution is 2.25. The molecule has 0 amide bonds. The van der Waals surface area contributed by atoms with Crippen molar-refractivity contribution in [2.24, 2.45) is 0 Å². The summed E-state index contributed by atoms with van der Waals surface area (Å²) in [4.78, 5) is 6.52. The smallest absolute Gasteiger partial charge is 0.268 e. The first kappa shape index (κ1) is 9.36. The van der Waals surface area contributed by atoms with Crippen molar-refractivity contribution in [3.05, 3.63) is 22.8 Å². The molecule has 0 radical (unpaired) electrons. The minimum absolute atomic E-state index is 0.605. The van der Waals surface area contributed by atoms with Crippen LogP contribution in [0.15, 0.2) is 16.7 Å². The number of nitrogens with one attached hydrogen (secondary N) is 1. The first-order valence-corrected chi connectivity index (χ1v) is 5.15. The lowest BCUT2D eigenvalue weighted by atomic mass is 10.4. The molecule has 0 spiro atoms. The highest BCUT2D eigenvalue weighted by atomic mass is 32.1. The van der Waals surface area contributed by atoms with E-state index in [-0.39, 0.29) is 0 Å². The van der Waals surface area contributed by atoms with E-state index in [0.29, 0.717) is 18.3 Å². The van der Waals surface area contributed by atoms with Gasteiger partial charge in [0, 0.05) is 4.88 Å². The molecule has 1 N–H and O–H groups in total. The van der Waals surface area contributed by atoms with Gasteiger partial charge in [-0.3, -0.25) is 0 Å². The molecule has 0 saturated carbocycles. The summed E-state index contributed by atoms with van der Waals surface area (Å²) in [5, 5.41) is 6.82. The summed E-state index contributed by atoms with van der Waals surface area (Å²) in [7, 11) is 1.85. The molecule has 0 aliphatic rings. The molecular weight excluding hydrogens is 198 g/mol. The van der Waals surface area contributed by atoms with Gasteiger partial charge in [-0.05, 0) is 26.1 Å². The van der Waals surface area contributed by atoms with E-state index in [2.05, 4.69) is 22.4 Å². The van der Waals surface area contributed by atoms with E-state index in [4.69, 9.17) is 4.52 Å². The van der Waals surface area contributed by atoms with Gasteiger partial charge in [0.1, 0.15) is 0 Å². The van der Waals surface area contributed by atoms with Crippen molar-refractivity contribution >= 4 is 11.3 Å². The van der Waals surface area contributed by atoms with Crippen LogP contribution in [-0.2, 0) is 6.54 Å². The van der Waals surface area contributed by atoms with E-state index in [9.17, 15) is 0 Å². The number of hydrogen-bond donors (Lipinski definition) is 1. The van der Waals surface area contributed by atoms with Crippen LogP contribution in [0.3, 0.4) is 0 Å². The van der Waals surface area contributed by atoms with Crippen LogP contribution in [-0.4, -0.2) is 17.2 Å². The second-order valence-electron chi connectivity index (χ2n) is 2.96. The molecule has 0 unspecified atom stereocenters. The van der Waals surface area contributed by atoms with Crippen LogP contribution < -0.4 is 5.32 Å². The molecule has 2 aromatic heterocycles. The Morgan fingerprint density at radius 2 is 2.36 bits per heavy atom. The molecule has 0 atom stereocenters. The van der Waals surface area contributed by atoms with Crippen molar-refractivity contribution in [1.29, 1.82) is 0 Å². The Kier molecular flexibility index (Phi) is 2.60. The molecule has 0 aliphatic carbocycles. The molecule has 4 nitrogen and oxygen atoms in total. The molecule has 74 valence electrons. The fourth-order valence-electron chi connectivity index (χ4n) is 1.13. The Hall–Kier alpha value is -1.20. The zero-order valence-electron chi connectivity index (χ0n) is 8.07. The standard InChI is InChI=1S/C9H11N3OS/c1-6-3-4-7(14-6)9-11-8(5-10-2)12-13-9/h3-4,10H,5H2,1-2H3. The third-order valence-corrected chi connectivity index (χ3v) is 2.74. The van der Waals surface area contributed by atoms with Gasteiger partial charge in [-0.2, -0.15) is 4.98 Å². The van der Waals surface area contributed by atoms with Crippen LogP contribution >= 0.6 is 11.3 Å². The van der Waals surface area contributed by atoms with Crippen LogP contribution in [0.5, 0.6) is 0 Å². The minimum Gasteiger partial charge on any atom is -0.333 e. The van der Waals surface area contributed by atoms with Gasteiger partial charge in [0.25, 0.3) is 5.89 Å². The van der Waals surface area contributed by atoms with E-state index in [0.717, 1.165) is 4.88 Å². The minimum atomic E-state index is 0.605. The number of aryl methyl sites for hydroxylation is 1. The fourth-order valence-corrected chi connectivity index (χ4v) is 1.92. The topological polar surface area (TPSA) is 51.0 Å². The summed E-state index contributed by atoms with van der Waals surface area (Å²) in [6.45, 7) is 2.69. The molecule has 0 aliphatic heterocycles. The number of rotatable bonds is 3. The maximum absolute atomic E-state index is 5.13. The molecule has 2 rings (SSSR count).